The molecule has 2 heterocycles. The standard InChI is InChI=1S/C21H21N3O.C2H6.C2H2.Ta/c1-2-19(25)16-17-10-12-18(13-11-17)24(21-9-5-7-15-23-21)20-8-4-3-6-14-22-20;2*1-2;/h2-3,5-10,12-16,25H,4,11H2,1H3;1-2H3;1-2H;/b17-16-,19-2+;;;. The van der Waals surface area contributed by atoms with E-state index in [-0.39, 0.29) is 28.1 Å². The smallest absolute Gasteiger partial charge is 0.138 e. The summed E-state index contributed by atoms with van der Waals surface area (Å²) in [6.07, 6.45) is 28.9. The van der Waals surface area contributed by atoms with E-state index < -0.39 is 0 Å². The van der Waals surface area contributed by atoms with Crippen LogP contribution in [0, 0.1) is 12.8 Å². The predicted octanol–water partition coefficient (Wildman–Crippen LogP) is 6.27. The molecule has 0 unspecified atom stereocenters. The molecule has 1 aromatic heterocycles. The Kier molecular flexibility index (Phi) is 14.5. The summed E-state index contributed by atoms with van der Waals surface area (Å²) in [4.78, 5) is 11.1. The van der Waals surface area contributed by atoms with Crippen LogP contribution in [-0.4, -0.2) is 16.3 Å². The summed E-state index contributed by atoms with van der Waals surface area (Å²) in [5, 5.41) is 9.67. The van der Waals surface area contributed by atoms with Crippen LogP contribution in [0.2, 0.25) is 0 Å². The van der Waals surface area contributed by atoms with Crippen LogP contribution in [0.4, 0.5) is 5.82 Å². The van der Waals surface area contributed by atoms with E-state index in [4.69, 9.17) is 0 Å². The van der Waals surface area contributed by atoms with Gasteiger partial charge >= 0.3 is 0 Å². The van der Waals surface area contributed by atoms with Gasteiger partial charge in [0, 0.05) is 40.5 Å². The number of hydrogen-bond donors (Lipinski definition) is 1. The summed E-state index contributed by atoms with van der Waals surface area (Å²) in [5.74, 6) is 1.95. The predicted molar refractivity (Wildman–Crippen MR) is 125 cm³/mol. The topological polar surface area (TPSA) is 48.7 Å². The largest absolute Gasteiger partial charge is 0.508 e. The Labute approximate surface area is 196 Å². The molecular formula is C25H29N3OTa. The van der Waals surface area contributed by atoms with Gasteiger partial charge in [0.25, 0.3) is 0 Å². The van der Waals surface area contributed by atoms with Gasteiger partial charge in [-0.3, -0.25) is 4.90 Å². The minimum absolute atomic E-state index is 0. The Morgan fingerprint density at radius 3 is 2.53 bits per heavy atom. The molecule has 2 aliphatic rings. The number of aliphatic imine (C=N–C) groups is 1. The average Bonchev–Trinajstić information content (AvgIpc) is 3.08. The maximum absolute atomic E-state index is 9.67. The van der Waals surface area contributed by atoms with E-state index in [9.17, 15) is 5.11 Å². The van der Waals surface area contributed by atoms with E-state index in [1.807, 2.05) is 62.1 Å². The van der Waals surface area contributed by atoms with Gasteiger partial charge in [0.2, 0.25) is 0 Å². The SMILES string of the molecule is C#C.C/C=C(O)\C=C1\C=CC(N(C2=CCC=CC=N2)c2ccccn2)=CC1.CC.[Ta]. The Morgan fingerprint density at radius 2 is 1.93 bits per heavy atom. The third kappa shape index (κ3) is 8.26. The number of aliphatic hydroxyl groups excluding tert-OH is 1. The van der Waals surface area contributed by atoms with Gasteiger partial charge < -0.3 is 5.11 Å². The zero-order valence-electron chi connectivity index (χ0n) is 17.8. The first kappa shape index (κ1) is 27.2. The van der Waals surface area contributed by atoms with Crippen LogP contribution >= 0.6 is 0 Å². The van der Waals surface area contributed by atoms with Crippen molar-refractivity contribution in [3.05, 3.63) is 95.9 Å². The quantitative estimate of drug-likeness (QED) is 0.345. The molecule has 1 aliphatic heterocycles. The molecule has 0 spiro atoms. The summed E-state index contributed by atoms with van der Waals surface area (Å²) in [6, 6.07) is 5.84. The molecule has 1 radical (unpaired) electrons. The molecule has 1 aliphatic carbocycles. The second-order valence-corrected chi connectivity index (χ2v) is 5.63. The second kappa shape index (κ2) is 16.0. The van der Waals surface area contributed by atoms with Crippen LogP contribution in [0.5, 0.6) is 0 Å². The number of rotatable bonds is 4. The fourth-order valence-electron chi connectivity index (χ4n) is 2.60. The van der Waals surface area contributed by atoms with Crippen molar-refractivity contribution in [1.82, 2.24) is 4.98 Å². The maximum Gasteiger partial charge on any atom is 0.138 e. The van der Waals surface area contributed by atoms with E-state index >= 15 is 0 Å². The van der Waals surface area contributed by atoms with Gasteiger partial charge in [-0.25, -0.2) is 9.98 Å². The number of hydrogen-bond acceptors (Lipinski definition) is 4. The second-order valence-electron chi connectivity index (χ2n) is 5.63. The van der Waals surface area contributed by atoms with Gasteiger partial charge in [0.05, 0.1) is 0 Å². The Hall–Kier alpha value is -2.84. The molecule has 0 aromatic carbocycles. The van der Waals surface area contributed by atoms with Crippen molar-refractivity contribution >= 4 is 12.0 Å². The minimum Gasteiger partial charge on any atom is -0.508 e. The average molecular weight is 568 g/mol. The number of pyridine rings is 1. The summed E-state index contributed by atoms with van der Waals surface area (Å²) in [7, 11) is 0. The van der Waals surface area contributed by atoms with E-state index in [0.29, 0.717) is 0 Å². The van der Waals surface area contributed by atoms with Gasteiger partial charge in [-0.05, 0) is 67.9 Å². The molecule has 1 aromatic rings. The van der Waals surface area contributed by atoms with E-state index in [2.05, 4.69) is 41.1 Å². The normalized spacial score (nSPS) is 15.9. The zero-order valence-corrected chi connectivity index (χ0v) is 21.0. The molecule has 0 bridgehead atoms. The molecule has 0 saturated heterocycles. The Morgan fingerprint density at radius 1 is 1.17 bits per heavy atom. The van der Waals surface area contributed by atoms with Gasteiger partial charge in [0.15, 0.2) is 0 Å². The van der Waals surface area contributed by atoms with Crippen LogP contribution in [-0.2, 0) is 22.4 Å². The van der Waals surface area contributed by atoms with E-state index in [0.717, 1.165) is 35.8 Å². The number of allylic oxidation sites excluding steroid dienone is 9. The molecule has 0 saturated carbocycles. The molecule has 5 heteroatoms. The van der Waals surface area contributed by atoms with E-state index in [1.165, 1.54) is 0 Å². The molecule has 1 N–H and O–H groups in total. The van der Waals surface area contributed by atoms with Crippen molar-refractivity contribution in [2.75, 3.05) is 4.90 Å². The van der Waals surface area contributed by atoms with Crippen molar-refractivity contribution in [3.63, 3.8) is 0 Å². The first-order valence-corrected chi connectivity index (χ1v) is 9.66. The third-order valence-corrected chi connectivity index (χ3v) is 3.88. The van der Waals surface area contributed by atoms with Gasteiger partial charge in [0.1, 0.15) is 17.4 Å². The zero-order chi connectivity index (χ0) is 21.5. The molecule has 30 heavy (non-hydrogen) atoms. The summed E-state index contributed by atoms with van der Waals surface area (Å²) in [6.45, 7) is 5.81. The van der Waals surface area contributed by atoms with Crippen molar-refractivity contribution < 1.29 is 27.5 Å². The minimum atomic E-state index is 0. The monoisotopic (exact) mass is 568 g/mol. The number of nitrogens with zero attached hydrogens (tertiary/aromatic N) is 3. The summed E-state index contributed by atoms with van der Waals surface area (Å²) < 4.78 is 0. The number of aromatic nitrogens is 1. The fourth-order valence-corrected chi connectivity index (χ4v) is 2.60. The van der Waals surface area contributed by atoms with Crippen LogP contribution in [0.3, 0.4) is 0 Å². The van der Waals surface area contributed by atoms with E-state index in [1.54, 1.807) is 24.6 Å². The number of anilines is 1. The molecule has 4 nitrogen and oxygen atoms in total. The Bertz CT molecular complexity index is 872. The Balaban J connectivity index is 0.00000159. The number of terminal acetylenes is 1. The molecule has 0 atom stereocenters. The van der Waals surface area contributed by atoms with Gasteiger partial charge in [-0.15, -0.1) is 12.8 Å². The third-order valence-electron chi connectivity index (χ3n) is 3.88. The van der Waals surface area contributed by atoms with Crippen LogP contribution in [0.15, 0.2) is 101 Å². The van der Waals surface area contributed by atoms with Crippen LogP contribution in [0.25, 0.3) is 0 Å². The molecule has 155 valence electrons. The van der Waals surface area contributed by atoms with Gasteiger partial charge in [-0.1, -0.05) is 38.1 Å². The summed E-state index contributed by atoms with van der Waals surface area (Å²) in [5.41, 5.74) is 2.07. The fraction of sp³-hybridized carbons (Fsp3) is 0.200. The van der Waals surface area contributed by atoms with Gasteiger partial charge in [-0.2, -0.15) is 0 Å². The molecule has 0 amide bonds. The first-order chi connectivity index (χ1) is 14.3. The van der Waals surface area contributed by atoms with Crippen LogP contribution < -0.4 is 4.90 Å². The van der Waals surface area contributed by atoms with Crippen molar-refractivity contribution in [2.45, 2.75) is 33.6 Å². The van der Waals surface area contributed by atoms with Crippen molar-refractivity contribution in [3.8, 4) is 12.8 Å². The number of aliphatic hydroxyl groups is 1. The maximum atomic E-state index is 9.67. The van der Waals surface area contributed by atoms with Crippen LogP contribution in [0.1, 0.15) is 33.6 Å². The molecule has 3 rings (SSSR count). The first-order valence-electron chi connectivity index (χ1n) is 9.66. The molecule has 0 fully saturated rings. The summed E-state index contributed by atoms with van der Waals surface area (Å²) >= 11 is 0. The van der Waals surface area contributed by atoms with Crippen molar-refractivity contribution in [1.29, 1.82) is 0 Å². The molecular weight excluding hydrogens is 539 g/mol. The van der Waals surface area contributed by atoms with Crippen molar-refractivity contribution in [2.24, 2.45) is 4.99 Å².